The molecule has 0 fully saturated rings. The molecule has 1 aromatic carbocycles. The van der Waals surface area contributed by atoms with Crippen LogP contribution in [0.4, 0.5) is 33.7 Å². The van der Waals surface area contributed by atoms with Gasteiger partial charge in [0, 0.05) is 24.0 Å². The Labute approximate surface area is 128 Å². The lowest BCUT2D eigenvalue weighted by Crippen LogP contribution is -2.19. The van der Waals surface area contributed by atoms with Gasteiger partial charge in [0.2, 0.25) is 0 Å². The first-order valence-electron chi connectivity index (χ1n) is 6.27. The molecule has 2 rings (SSSR count). The molecule has 0 atom stereocenters. The van der Waals surface area contributed by atoms with Crippen molar-refractivity contribution in [3.63, 3.8) is 0 Å². The largest absolute Gasteiger partial charge is 0.497 e. The van der Waals surface area contributed by atoms with Crippen LogP contribution in [-0.4, -0.2) is 29.1 Å². The van der Waals surface area contributed by atoms with E-state index in [0.29, 0.717) is 4.68 Å². The minimum atomic E-state index is -4.41. The fourth-order valence-electron chi connectivity index (χ4n) is 1.74. The van der Waals surface area contributed by atoms with E-state index in [4.69, 9.17) is 4.74 Å². The summed E-state index contributed by atoms with van der Waals surface area (Å²) in [6.07, 6.45) is -2.32. The minimum Gasteiger partial charge on any atom is -0.497 e. The zero-order chi connectivity index (χ0) is 17.0. The van der Waals surface area contributed by atoms with E-state index in [-0.39, 0.29) is 17.1 Å². The summed E-state index contributed by atoms with van der Waals surface area (Å²) < 4.78 is 55.4. The number of carbonyl (C=O) groups is 1. The zero-order valence-corrected chi connectivity index (χ0v) is 11.8. The number of rotatable bonds is 4. The van der Waals surface area contributed by atoms with Gasteiger partial charge >= 0.3 is 12.2 Å². The Morgan fingerprint density at radius 1 is 1.26 bits per heavy atom. The van der Waals surface area contributed by atoms with Crippen LogP contribution in [0.5, 0.6) is 5.75 Å². The maximum Gasteiger partial charge on any atom is 0.408 e. The predicted molar refractivity (Wildman–Crippen MR) is 73.9 cm³/mol. The maximum atomic E-state index is 13.3. The third-order valence-electron chi connectivity index (χ3n) is 2.60. The Morgan fingerprint density at radius 2 is 1.96 bits per heavy atom. The lowest BCUT2D eigenvalue weighted by atomic mass is 10.3. The standard InChI is InChI=1S/C13H12F4N4O2/c1-23-11-3-8(14)2-9(4-11)19-12(22)20-10-5-18-21(6-10)7-13(15,16)17/h2-6H,7H2,1H3,(H2,19,20,22). The number of hydrogen-bond acceptors (Lipinski definition) is 3. The van der Waals surface area contributed by atoms with Crippen molar-refractivity contribution in [1.29, 1.82) is 0 Å². The normalized spacial score (nSPS) is 11.2. The Balaban J connectivity index is 1.98. The second kappa shape index (κ2) is 6.55. The summed E-state index contributed by atoms with van der Waals surface area (Å²) in [7, 11) is 1.34. The molecule has 0 saturated heterocycles. The molecular formula is C13H12F4N4O2. The van der Waals surface area contributed by atoms with Crippen LogP contribution in [0.1, 0.15) is 0 Å². The quantitative estimate of drug-likeness (QED) is 0.845. The second-order valence-electron chi connectivity index (χ2n) is 4.50. The van der Waals surface area contributed by atoms with E-state index >= 15 is 0 Å². The average Bonchev–Trinajstić information content (AvgIpc) is 2.82. The van der Waals surface area contributed by atoms with Crippen molar-refractivity contribution in [2.75, 3.05) is 17.7 Å². The molecule has 0 spiro atoms. The van der Waals surface area contributed by atoms with E-state index in [2.05, 4.69) is 15.7 Å². The van der Waals surface area contributed by atoms with Gasteiger partial charge in [-0.15, -0.1) is 0 Å². The molecule has 124 valence electrons. The van der Waals surface area contributed by atoms with E-state index in [1.165, 1.54) is 13.2 Å². The van der Waals surface area contributed by atoms with E-state index in [1.807, 2.05) is 0 Å². The molecule has 10 heteroatoms. The summed E-state index contributed by atoms with van der Waals surface area (Å²) in [5, 5.41) is 8.10. The molecule has 0 bridgehead atoms. The van der Waals surface area contributed by atoms with Gasteiger partial charge in [-0.1, -0.05) is 0 Å². The topological polar surface area (TPSA) is 68.2 Å². The van der Waals surface area contributed by atoms with Crippen LogP contribution in [0.3, 0.4) is 0 Å². The fourth-order valence-corrected chi connectivity index (χ4v) is 1.74. The van der Waals surface area contributed by atoms with Crippen LogP contribution in [0, 0.1) is 5.82 Å². The van der Waals surface area contributed by atoms with Crippen LogP contribution in [0.15, 0.2) is 30.6 Å². The van der Waals surface area contributed by atoms with Crippen molar-refractivity contribution >= 4 is 17.4 Å². The van der Waals surface area contributed by atoms with Crippen LogP contribution >= 0.6 is 0 Å². The summed E-state index contributed by atoms with van der Waals surface area (Å²) in [4.78, 5) is 11.7. The number of benzene rings is 1. The molecule has 2 amide bonds. The van der Waals surface area contributed by atoms with Gasteiger partial charge < -0.3 is 15.4 Å². The van der Waals surface area contributed by atoms with Gasteiger partial charge in [0.15, 0.2) is 0 Å². The molecule has 0 aliphatic rings. The first kappa shape index (κ1) is 16.6. The Hall–Kier alpha value is -2.78. The highest BCUT2D eigenvalue weighted by atomic mass is 19.4. The van der Waals surface area contributed by atoms with Gasteiger partial charge in [0.05, 0.1) is 19.0 Å². The smallest absolute Gasteiger partial charge is 0.408 e. The Kier molecular flexibility index (Phi) is 4.72. The molecule has 0 radical (unpaired) electrons. The Morgan fingerprint density at radius 3 is 2.61 bits per heavy atom. The molecule has 2 aromatic rings. The molecular weight excluding hydrogens is 320 g/mol. The van der Waals surface area contributed by atoms with E-state index < -0.39 is 24.6 Å². The van der Waals surface area contributed by atoms with Gasteiger partial charge in [0.25, 0.3) is 0 Å². The highest BCUT2D eigenvalue weighted by Crippen LogP contribution is 2.20. The van der Waals surface area contributed by atoms with Gasteiger partial charge in [-0.2, -0.15) is 18.3 Å². The van der Waals surface area contributed by atoms with E-state index in [1.54, 1.807) is 0 Å². The second-order valence-corrected chi connectivity index (χ2v) is 4.50. The van der Waals surface area contributed by atoms with Crippen molar-refractivity contribution in [1.82, 2.24) is 9.78 Å². The first-order chi connectivity index (χ1) is 10.7. The number of nitrogens with zero attached hydrogens (tertiary/aromatic N) is 2. The van der Waals surface area contributed by atoms with Gasteiger partial charge in [-0.25, -0.2) is 9.18 Å². The average molecular weight is 332 g/mol. The number of anilines is 2. The van der Waals surface area contributed by atoms with Crippen molar-refractivity contribution < 1.29 is 27.1 Å². The summed E-state index contributed by atoms with van der Waals surface area (Å²) in [6, 6.07) is 2.82. The molecule has 1 heterocycles. The fraction of sp³-hybridized carbons (Fsp3) is 0.231. The summed E-state index contributed by atoms with van der Waals surface area (Å²) >= 11 is 0. The number of hydrogen-bond donors (Lipinski definition) is 2. The molecule has 1 aromatic heterocycles. The van der Waals surface area contributed by atoms with Crippen molar-refractivity contribution in [3.8, 4) is 5.75 Å². The molecule has 6 nitrogen and oxygen atoms in total. The highest BCUT2D eigenvalue weighted by molar-refractivity contribution is 5.99. The molecule has 2 N–H and O–H groups in total. The number of amides is 2. The van der Waals surface area contributed by atoms with Gasteiger partial charge in [0.1, 0.15) is 18.1 Å². The molecule has 0 saturated carbocycles. The van der Waals surface area contributed by atoms with Gasteiger partial charge in [-0.05, 0) is 6.07 Å². The molecule has 0 aliphatic carbocycles. The summed E-state index contributed by atoms with van der Waals surface area (Å²) in [6.45, 7) is -1.27. The number of alkyl halides is 3. The number of urea groups is 1. The van der Waals surface area contributed by atoms with Crippen molar-refractivity contribution in [2.45, 2.75) is 12.7 Å². The lowest BCUT2D eigenvalue weighted by molar-refractivity contribution is -0.142. The summed E-state index contributed by atoms with van der Waals surface area (Å²) in [5.74, 6) is -0.407. The van der Waals surface area contributed by atoms with Gasteiger partial charge in [-0.3, -0.25) is 4.68 Å². The van der Waals surface area contributed by atoms with Crippen LogP contribution in [0.2, 0.25) is 0 Å². The number of aromatic nitrogens is 2. The molecule has 23 heavy (non-hydrogen) atoms. The van der Waals surface area contributed by atoms with Crippen LogP contribution in [0.25, 0.3) is 0 Å². The van der Waals surface area contributed by atoms with E-state index in [9.17, 15) is 22.4 Å². The highest BCUT2D eigenvalue weighted by Gasteiger charge is 2.28. The first-order valence-corrected chi connectivity index (χ1v) is 6.27. The number of nitrogens with one attached hydrogen (secondary N) is 2. The third-order valence-corrected chi connectivity index (χ3v) is 2.60. The SMILES string of the molecule is COc1cc(F)cc(NC(=O)Nc2cnn(CC(F)(F)F)c2)c1. The summed E-state index contributed by atoms with van der Waals surface area (Å²) in [5.41, 5.74) is 0.192. The van der Waals surface area contributed by atoms with E-state index in [0.717, 1.165) is 24.5 Å². The number of carbonyl (C=O) groups excluding carboxylic acids is 1. The number of halogens is 4. The monoisotopic (exact) mass is 332 g/mol. The zero-order valence-electron chi connectivity index (χ0n) is 11.8. The van der Waals surface area contributed by atoms with Crippen LogP contribution in [-0.2, 0) is 6.54 Å². The lowest BCUT2D eigenvalue weighted by Gasteiger charge is -2.08. The number of ether oxygens (including phenoxy) is 1. The predicted octanol–water partition coefficient (Wildman–Crippen LogP) is 3.24. The van der Waals surface area contributed by atoms with Crippen molar-refractivity contribution in [3.05, 3.63) is 36.4 Å². The maximum absolute atomic E-state index is 13.3. The number of methoxy groups -OCH3 is 1. The molecule has 0 aliphatic heterocycles. The third kappa shape index (κ3) is 5.16. The van der Waals surface area contributed by atoms with Crippen LogP contribution < -0.4 is 15.4 Å². The molecule has 0 unspecified atom stereocenters. The minimum absolute atomic E-state index is 0.0649. The van der Waals surface area contributed by atoms with Crippen molar-refractivity contribution in [2.24, 2.45) is 0 Å². The Bertz CT molecular complexity index is 700.